The van der Waals surface area contributed by atoms with Gasteiger partial charge in [-0.25, -0.2) is 0 Å². The fourth-order valence-electron chi connectivity index (χ4n) is 2.82. The molecule has 1 saturated heterocycles. The van der Waals surface area contributed by atoms with Gasteiger partial charge in [0.1, 0.15) is 0 Å². The molecule has 1 aromatic carbocycles. The number of hydrogen-bond donors (Lipinski definition) is 2. The highest BCUT2D eigenvalue weighted by molar-refractivity contribution is 5.15. The lowest BCUT2D eigenvalue weighted by Crippen LogP contribution is -2.36. The van der Waals surface area contributed by atoms with Crippen molar-refractivity contribution in [2.45, 2.75) is 25.4 Å². The molecule has 0 aromatic heterocycles. The van der Waals surface area contributed by atoms with Crippen molar-refractivity contribution < 1.29 is 5.11 Å². The first kappa shape index (κ1) is 12.6. The summed E-state index contributed by atoms with van der Waals surface area (Å²) in [5.41, 5.74) is 6.94. The number of nitrogens with zero attached hydrogens (tertiary/aromatic N) is 1. The maximum Gasteiger partial charge on any atom is 0.0589 e. The van der Waals surface area contributed by atoms with E-state index < -0.39 is 0 Å². The van der Waals surface area contributed by atoms with Gasteiger partial charge in [0.2, 0.25) is 0 Å². The van der Waals surface area contributed by atoms with Crippen LogP contribution in [0.25, 0.3) is 0 Å². The third kappa shape index (κ3) is 3.06. The minimum atomic E-state index is 0.248. The molecule has 1 aromatic rings. The molecule has 0 aliphatic carbocycles. The van der Waals surface area contributed by atoms with Gasteiger partial charge in [0.25, 0.3) is 0 Å². The lowest BCUT2D eigenvalue weighted by molar-refractivity contribution is 0.128. The minimum Gasteiger partial charge on any atom is -0.395 e. The Bertz CT molecular complexity index is 328. The summed E-state index contributed by atoms with van der Waals surface area (Å²) in [7, 11) is 0. The van der Waals surface area contributed by atoms with E-state index in [2.05, 4.69) is 29.2 Å². The summed E-state index contributed by atoms with van der Waals surface area (Å²) < 4.78 is 0. The molecule has 0 spiro atoms. The number of likely N-dealkylation sites (tertiary alicyclic amines) is 1. The quantitative estimate of drug-likeness (QED) is 0.805. The van der Waals surface area contributed by atoms with Gasteiger partial charge in [-0.05, 0) is 37.4 Å². The predicted molar refractivity (Wildman–Crippen MR) is 69.5 cm³/mol. The van der Waals surface area contributed by atoms with Crippen molar-refractivity contribution in [2.24, 2.45) is 11.7 Å². The van der Waals surface area contributed by atoms with Crippen LogP contribution >= 0.6 is 0 Å². The Labute approximate surface area is 103 Å². The van der Waals surface area contributed by atoms with Gasteiger partial charge in [0.15, 0.2) is 0 Å². The molecule has 1 aliphatic rings. The number of benzene rings is 1. The van der Waals surface area contributed by atoms with Crippen LogP contribution in [0.5, 0.6) is 0 Å². The second kappa shape index (κ2) is 6.15. The molecular formula is C14H22N2O. The molecule has 0 bridgehead atoms. The second-order valence-electron chi connectivity index (χ2n) is 4.83. The van der Waals surface area contributed by atoms with E-state index in [1.165, 1.54) is 5.56 Å². The highest BCUT2D eigenvalue weighted by Gasteiger charge is 2.32. The molecule has 1 aliphatic heterocycles. The molecular weight excluding hydrogens is 212 g/mol. The SMILES string of the molecule is NCC[C@H]1CCN(Cc2ccccc2)[C@@H]1CO. The van der Waals surface area contributed by atoms with Crippen molar-refractivity contribution in [3.8, 4) is 0 Å². The third-order valence-electron chi connectivity index (χ3n) is 3.75. The van der Waals surface area contributed by atoms with Crippen LogP contribution in [0.15, 0.2) is 30.3 Å². The average molecular weight is 234 g/mol. The van der Waals surface area contributed by atoms with E-state index in [0.29, 0.717) is 12.0 Å². The topological polar surface area (TPSA) is 49.5 Å². The van der Waals surface area contributed by atoms with Crippen molar-refractivity contribution in [3.05, 3.63) is 35.9 Å². The summed E-state index contributed by atoms with van der Waals surface area (Å²) in [4.78, 5) is 2.38. The maximum atomic E-state index is 9.53. The lowest BCUT2D eigenvalue weighted by atomic mass is 9.97. The number of aliphatic hydroxyl groups excluding tert-OH is 1. The molecule has 0 radical (unpaired) electrons. The molecule has 3 nitrogen and oxygen atoms in total. The first-order chi connectivity index (χ1) is 8.35. The molecule has 94 valence electrons. The van der Waals surface area contributed by atoms with Crippen LogP contribution in [0, 0.1) is 5.92 Å². The van der Waals surface area contributed by atoms with E-state index in [0.717, 1.165) is 32.5 Å². The van der Waals surface area contributed by atoms with Crippen LogP contribution in [-0.4, -0.2) is 35.7 Å². The van der Waals surface area contributed by atoms with Gasteiger partial charge in [-0.2, -0.15) is 0 Å². The second-order valence-corrected chi connectivity index (χ2v) is 4.83. The van der Waals surface area contributed by atoms with Gasteiger partial charge in [-0.15, -0.1) is 0 Å². The first-order valence-electron chi connectivity index (χ1n) is 6.44. The zero-order valence-electron chi connectivity index (χ0n) is 10.3. The predicted octanol–water partition coefficient (Wildman–Crippen LogP) is 1.22. The molecule has 0 saturated carbocycles. The van der Waals surface area contributed by atoms with E-state index in [1.54, 1.807) is 0 Å². The molecule has 17 heavy (non-hydrogen) atoms. The van der Waals surface area contributed by atoms with Gasteiger partial charge < -0.3 is 10.8 Å². The summed E-state index contributed by atoms with van der Waals surface area (Å²) >= 11 is 0. The molecule has 2 atom stereocenters. The van der Waals surface area contributed by atoms with Crippen molar-refractivity contribution >= 4 is 0 Å². The van der Waals surface area contributed by atoms with Gasteiger partial charge >= 0.3 is 0 Å². The number of rotatable bonds is 5. The number of aliphatic hydroxyl groups is 1. The van der Waals surface area contributed by atoms with E-state index in [-0.39, 0.29) is 6.61 Å². The highest BCUT2D eigenvalue weighted by atomic mass is 16.3. The summed E-state index contributed by atoms with van der Waals surface area (Å²) in [5, 5.41) is 9.53. The Kier molecular flexibility index (Phi) is 4.54. The number of nitrogens with two attached hydrogens (primary N) is 1. The monoisotopic (exact) mass is 234 g/mol. The van der Waals surface area contributed by atoms with Crippen LogP contribution in [0.2, 0.25) is 0 Å². The number of hydrogen-bond acceptors (Lipinski definition) is 3. The Morgan fingerprint density at radius 3 is 2.71 bits per heavy atom. The van der Waals surface area contributed by atoms with Gasteiger partial charge in [-0.3, -0.25) is 4.90 Å². The van der Waals surface area contributed by atoms with E-state index in [9.17, 15) is 5.11 Å². The summed E-state index contributed by atoms with van der Waals surface area (Å²) in [6.07, 6.45) is 2.19. The Balaban J connectivity index is 1.97. The zero-order valence-corrected chi connectivity index (χ0v) is 10.3. The van der Waals surface area contributed by atoms with Crippen molar-refractivity contribution in [3.63, 3.8) is 0 Å². The first-order valence-corrected chi connectivity index (χ1v) is 6.44. The summed E-state index contributed by atoms with van der Waals surface area (Å²) in [5.74, 6) is 0.564. The van der Waals surface area contributed by atoms with Crippen molar-refractivity contribution in [1.29, 1.82) is 0 Å². The van der Waals surface area contributed by atoms with Crippen LogP contribution in [0.4, 0.5) is 0 Å². The van der Waals surface area contributed by atoms with Crippen LogP contribution in [0.1, 0.15) is 18.4 Å². The Morgan fingerprint density at radius 1 is 1.29 bits per heavy atom. The van der Waals surface area contributed by atoms with E-state index in [4.69, 9.17) is 5.73 Å². The smallest absolute Gasteiger partial charge is 0.0589 e. The van der Waals surface area contributed by atoms with E-state index in [1.807, 2.05) is 6.07 Å². The summed E-state index contributed by atoms with van der Waals surface area (Å²) in [6.45, 7) is 2.98. The van der Waals surface area contributed by atoms with Gasteiger partial charge in [0, 0.05) is 12.6 Å². The average Bonchev–Trinajstić information content (AvgIpc) is 2.73. The Hall–Kier alpha value is -0.900. The normalized spacial score (nSPS) is 25.3. The fraction of sp³-hybridized carbons (Fsp3) is 0.571. The van der Waals surface area contributed by atoms with E-state index >= 15 is 0 Å². The molecule has 0 unspecified atom stereocenters. The highest BCUT2D eigenvalue weighted by Crippen LogP contribution is 2.27. The van der Waals surface area contributed by atoms with Crippen LogP contribution in [0.3, 0.4) is 0 Å². The molecule has 1 heterocycles. The molecule has 3 N–H and O–H groups in total. The molecule has 3 heteroatoms. The molecule has 0 amide bonds. The lowest BCUT2D eigenvalue weighted by Gasteiger charge is -2.26. The summed E-state index contributed by atoms with van der Waals surface area (Å²) in [6, 6.07) is 10.7. The standard InChI is InChI=1S/C14H22N2O/c15-8-6-13-7-9-16(14(13)11-17)10-12-4-2-1-3-5-12/h1-5,13-14,17H,6-11,15H2/t13-,14+/m0/s1. The minimum absolute atomic E-state index is 0.248. The van der Waals surface area contributed by atoms with Crippen molar-refractivity contribution in [1.82, 2.24) is 4.90 Å². The van der Waals surface area contributed by atoms with Crippen LogP contribution < -0.4 is 5.73 Å². The van der Waals surface area contributed by atoms with Gasteiger partial charge in [-0.1, -0.05) is 30.3 Å². The molecule has 1 fully saturated rings. The molecule has 2 rings (SSSR count). The maximum absolute atomic E-state index is 9.53. The van der Waals surface area contributed by atoms with Crippen LogP contribution in [-0.2, 0) is 6.54 Å². The zero-order chi connectivity index (χ0) is 12.1. The van der Waals surface area contributed by atoms with Crippen molar-refractivity contribution in [2.75, 3.05) is 19.7 Å². The third-order valence-corrected chi connectivity index (χ3v) is 3.75. The Morgan fingerprint density at radius 2 is 2.06 bits per heavy atom. The van der Waals surface area contributed by atoms with Gasteiger partial charge in [0.05, 0.1) is 6.61 Å². The fourth-order valence-corrected chi connectivity index (χ4v) is 2.82. The largest absolute Gasteiger partial charge is 0.395 e.